The van der Waals surface area contributed by atoms with E-state index >= 15 is 0 Å². The van der Waals surface area contributed by atoms with Gasteiger partial charge in [-0.25, -0.2) is 4.98 Å². The second-order valence-corrected chi connectivity index (χ2v) is 7.05. The molecule has 2 atom stereocenters. The number of aromatic nitrogens is 1. The first-order valence-electron chi connectivity index (χ1n) is 8.43. The van der Waals surface area contributed by atoms with Crippen LogP contribution >= 0.6 is 0 Å². The van der Waals surface area contributed by atoms with Gasteiger partial charge < -0.3 is 14.9 Å². The molecule has 0 radical (unpaired) electrons. The standard InChI is InChI=1S/C18H21N3O2/c19-17-18(14-3-5-21(17)6-4-14)10-13-8-12(11-20-16(13)23-18)9-15-2-1-7-22-15/h1-2,7-8,11,14,17H,3-6,9-10,19H2/t17?,18-/m1/s1. The molecular weight excluding hydrogens is 290 g/mol. The van der Waals surface area contributed by atoms with Crippen LogP contribution in [-0.4, -0.2) is 34.7 Å². The van der Waals surface area contributed by atoms with Gasteiger partial charge in [-0.2, -0.15) is 0 Å². The third kappa shape index (κ3) is 1.96. The number of ether oxygens (including phenoxy) is 1. The fraction of sp³-hybridized carbons (Fsp3) is 0.500. The van der Waals surface area contributed by atoms with Crippen molar-refractivity contribution in [2.24, 2.45) is 11.7 Å². The van der Waals surface area contributed by atoms with Crippen LogP contribution in [-0.2, 0) is 12.8 Å². The van der Waals surface area contributed by atoms with Crippen LogP contribution in [0.1, 0.15) is 29.7 Å². The Kier molecular flexibility index (Phi) is 2.85. The van der Waals surface area contributed by atoms with E-state index in [4.69, 9.17) is 14.9 Å². The molecule has 3 fully saturated rings. The predicted octanol–water partition coefficient (Wildman–Crippen LogP) is 1.95. The van der Waals surface area contributed by atoms with Crippen LogP contribution in [0.15, 0.2) is 35.1 Å². The Morgan fingerprint density at radius 2 is 2.22 bits per heavy atom. The highest BCUT2D eigenvalue weighted by Gasteiger charge is 2.57. The molecule has 6 rings (SSSR count). The second kappa shape index (κ2) is 4.82. The van der Waals surface area contributed by atoms with Gasteiger partial charge in [0.2, 0.25) is 5.88 Å². The maximum Gasteiger partial charge on any atom is 0.217 e. The summed E-state index contributed by atoms with van der Waals surface area (Å²) in [5.41, 5.74) is 8.63. The average Bonchev–Trinajstić information content (AvgIpc) is 3.20. The zero-order chi connectivity index (χ0) is 15.4. The summed E-state index contributed by atoms with van der Waals surface area (Å²) in [5.74, 6) is 2.28. The Balaban J connectivity index is 1.45. The highest BCUT2D eigenvalue weighted by atomic mass is 16.5. The molecule has 4 aliphatic rings. The van der Waals surface area contributed by atoms with Crippen molar-refractivity contribution in [3.63, 3.8) is 0 Å². The second-order valence-electron chi connectivity index (χ2n) is 7.05. The van der Waals surface area contributed by atoms with Crippen molar-refractivity contribution in [3.05, 3.63) is 47.5 Å². The van der Waals surface area contributed by atoms with Gasteiger partial charge in [0.05, 0.1) is 12.4 Å². The van der Waals surface area contributed by atoms with Crippen molar-refractivity contribution in [2.75, 3.05) is 13.1 Å². The fourth-order valence-corrected chi connectivity index (χ4v) is 4.60. The van der Waals surface area contributed by atoms with E-state index in [1.54, 1.807) is 6.26 Å². The Morgan fingerprint density at radius 1 is 1.35 bits per heavy atom. The summed E-state index contributed by atoms with van der Waals surface area (Å²) in [7, 11) is 0. The molecule has 2 bridgehead atoms. The highest BCUT2D eigenvalue weighted by Crippen LogP contribution is 2.48. The van der Waals surface area contributed by atoms with Gasteiger partial charge in [0, 0.05) is 43.6 Å². The number of fused-ring (bicyclic) bond motifs is 3. The smallest absolute Gasteiger partial charge is 0.217 e. The van der Waals surface area contributed by atoms with Gasteiger partial charge in [-0.05, 0) is 36.6 Å². The van der Waals surface area contributed by atoms with E-state index in [0.717, 1.165) is 43.1 Å². The maximum atomic E-state index is 6.55. The number of hydrogen-bond acceptors (Lipinski definition) is 5. The van der Waals surface area contributed by atoms with Gasteiger partial charge in [0.25, 0.3) is 0 Å². The number of pyridine rings is 1. The van der Waals surface area contributed by atoms with Gasteiger partial charge in [0.1, 0.15) is 11.4 Å². The molecule has 5 heteroatoms. The van der Waals surface area contributed by atoms with Crippen LogP contribution in [0.3, 0.4) is 0 Å². The van der Waals surface area contributed by atoms with Gasteiger partial charge in [-0.1, -0.05) is 0 Å². The predicted molar refractivity (Wildman–Crippen MR) is 85.1 cm³/mol. The molecule has 0 saturated carbocycles. The molecule has 3 saturated heterocycles. The summed E-state index contributed by atoms with van der Waals surface area (Å²) in [4.78, 5) is 6.94. The van der Waals surface area contributed by atoms with Crippen LogP contribution in [0.4, 0.5) is 0 Å². The van der Waals surface area contributed by atoms with E-state index in [1.165, 1.54) is 18.4 Å². The minimum atomic E-state index is -0.269. The highest BCUT2D eigenvalue weighted by molar-refractivity contribution is 5.38. The molecule has 2 aromatic heterocycles. The first kappa shape index (κ1) is 13.6. The molecule has 120 valence electrons. The first-order chi connectivity index (χ1) is 11.2. The van der Waals surface area contributed by atoms with Crippen molar-refractivity contribution in [1.29, 1.82) is 0 Å². The lowest BCUT2D eigenvalue weighted by Gasteiger charge is -2.54. The fourth-order valence-electron chi connectivity index (χ4n) is 4.60. The van der Waals surface area contributed by atoms with E-state index in [9.17, 15) is 0 Å². The maximum absolute atomic E-state index is 6.55. The van der Waals surface area contributed by atoms with E-state index in [1.807, 2.05) is 18.3 Å². The van der Waals surface area contributed by atoms with Crippen LogP contribution in [0.5, 0.6) is 5.88 Å². The minimum Gasteiger partial charge on any atom is -0.469 e. The number of piperidine rings is 3. The van der Waals surface area contributed by atoms with E-state index in [0.29, 0.717) is 5.92 Å². The molecule has 2 N–H and O–H groups in total. The zero-order valence-corrected chi connectivity index (χ0v) is 13.1. The number of nitrogens with two attached hydrogens (primary N) is 1. The summed E-state index contributed by atoms with van der Waals surface area (Å²) in [6, 6.07) is 6.12. The van der Waals surface area contributed by atoms with Crippen molar-refractivity contribution < 1.29 is 9.15 Å². The van der Waals surface area contributed by atoms with E-state index < -0.39 is 0 Å². The van der Waals surface area contributed by atoms with Gasteiger partial charge in [0.15, 0.2) is 0 Å². The number of furan rings is 1. The Morgan fingerprint density at radius 3 is 2.96 bits per heavy atom. The average molecular weight is 311 g/mol. The van der Waals surface area contributed by atoms with Gasteiger partial charge >= 0.3 is 0 Å². The summed E-state index contributed by atoms with van der Waals surface area (Å²) in [6.45, 7) is 2.20. The quantitative estimate of drug-likeness (QED) is 0.918. The van der Waals surface area contributed by atoms with Gasteiger partial charge in [-0.15, -0.1) is 0 Å². The van der Waals surface area contributed by atoms with Crippen LogP contribution in [0.2, 0.25) is 0 Å². The lowest BCUT2D eigenvalue weighted by molar-refractivity contribution is -0.126. The zero-order valence-electron chi connectivity index (χ0n) is 13.1. The molecule has 23 heavy (non-hydrogen) atoms. The minimum absolute atomic E-state index is 0.0160. The third-order valence-electron chi connectivity index (χ3n) is 5.81. The molecule has 1 unspecified atom stereocenters. The largest absolute Gasteiger partial charge is 0.469 e. The molecular formula is C18H21N3O2. The van der Waals surface area contributed by atoms with Crippen molar-refractivity contribution in [3.8, 4) is 5.88 Å². The molecule has 1 spiro atoms. The van der Waals surface area contributed by atoms with E-state index in [-0.39, 0.29) is 11.8 Å². The van der Waals surface area contributed by atoms with Crippen molar-refractivity contribution in [1.82, 2.24) is 9.88 Å². The number of nitrogens with zero attached hydrogens (tertiary/aromatic N) is 2. The summed E-state index contributed by atoms with van der Waals surface area (Å²) < 4.78 is 11.8. The number of hydrogen-bond donors (Lipinski definition) is 1. The van der Waals surface area contributed by atoms with Gasteiger partial charge in [-0.3, -0.25) is 4.90 Å². The molecule has 0 aromatic carbocycles. The van der Waals surface area contributed by atoms with Crippen molar-refractivity contribution >= 4 is 0 Å². The number of rotatable bonds is 2. The SMILES string of the molecule is NC1N2CCC(CC2)[C@]12Cc1cc(Cc3ccco3)cnc1O2. The lowest BCUT2D eigenvalue weighted by atomic mass is 9.71. The summed E-state index contributed by atoms with van der Waals surface area (Å²) >= 11 is 0. The normalized spacial score (nSPS) is 34.6. The van der Waals surface area contributed by atoms with E-state index in [2.05, 4.69) is 16.0 Å². The van der Waals surface area contributed by atoms with Crippen molar-refractivity contribution in [2.45, 2.75) is 37.5 Å². The first-order valence-corrected chi connectivity index (χ1v) is 8.43. The summed E-state index contributed by atoms with van der Waals surface area (Å²) in [6.07, 6.45) is 7.60. The van der Waals surface area contributed by atoms with Crippen LogP contribution in [0.25, 0.3) is 0 Å². The Hall–Kier alpha value is -1.85. The Bertz CT molecular complexity index is 718. The molecule has 4 aliphatic heterocycles. The lowest BCUT2D eigenvalue weighted by Crippen LogP contribution is -2.71. The van der Waals surface area contributed by atoms with Crippen LogP contribution < -0.4 is 10.5 Å². The topological polar surface area (TPSA) is 64.5 Å². The molecule has 6 heterocycles. The summed E-state index contributed by atoms with van der Waals surface area (Å²) in [5, 5.41) is 0. The molecule has 5 nitrogen and oxygen atoms in total. The Labute approximate surface area is 135 Å². The monoisotopic (exact) mass is 311 g/mol. The molecule has 0 amide bonds. The third-order valence-corrected chi connectivity index (χ3v) is 5.81. The molecule has 2 aromatic rings. The molecule has 0 aliphatic carbocycles. The van der Waals surface area contributed by atoms with Crippen LogP contribution in [0, 0.1) is 5.92 Å².